The standard InChI is InChI=1S/C13H12Cl2N2O4S/c1-7-12(11(17(2)16-7)6-22(19,20)21)13(18)9-4-3-8(14)5-10(9)15/h3-5H,6H2,1-2H3,(H,19,20,21)/p-1. The second-order valence-corrected chi connectivity index (χ2v) is 6.93. The third kappa shape index (κ3) is 3.49. The van der Waals surface area contributed by atoms with Crippen molar-refractivity contribution < 1.29 is 17.8 Å². The van der Waals surface area contributed by atoms with Crippen LogP contribution >= 0.6 is 23.2 Å². The van der Waals surface area contributed by atoms with E-state index < -0.39 is 21.7 Å². The third-order valence-corrected chi connectivity index (χ3v) is 4.23. The summed E-state index contributed by atoms with van der Waals surface area (Å²) in [5.74, 6) is -1.33. The summed E-state index contributed by atoms with van der Waals surface area (Å²) in [5, 5.41) is 4.52. The van der Waals surface area contributed by atoms with Gasteiger partial charge in [0.15, 0.2) is 5.78 Å². The number of ketones is 1. The Morgan fingerprint density at radius 3 is 2.55 bits per heavy atom. The first-order chi connectivity index (χ1) is 10.1. The maximum absolute atomic E-state index is 12.6. The van der Waals surface area contributed by atoms with Crippen molar-refractivity contribution in [2.24, 2.45) is 7.05 Å². The van der Waals surface area contributed by atoms with Crippen molar-refractivity contribution in [2.75, 3.05) is 0 Å². The fourth-order valence-corrected chi connectivity index (χ4v) is 3.30. The Hall–Kier alpha value is -1.41. The molecule has 1 aromatic carbocycles. The summed E-state index contributed by atoms with van der Waals surface area (Å²) in [7, 11) is -3.09. The Balaban J connectivity index is 2.59. The van der Waals surface area contributed by atoms with Crippen molar-refractivity contribution in [3.63, 3.8) is 0 Å². The smallest absolute Gasteiger partial charge is 0.198 e. The van der Waals surface area contributed by atoms with Crippen LogP contribution in [-0.4, -0.2) is 28.5 Å². The minimum absolute atomic E-state index is 0.0310. The van der Waals surface area contributed by atoms with Crippen molar-refractivity contribution in [1.82, 2.24) is 9.78 Å². The van der Waals surface area contributed by atoms with Gasteiger partial charge >= 0.3 is 0 Å². The molecule has 2 rings (SSSR count). The zero-order valence-corrected chi connectivity index (χ0v) is 14.0. The summed E-state index contributed by atoms with van der Waals surface area (Å²) >= 11 is 11.8. The predicted octanol–water partition coefficient (Wildman–Crippen LogP) is 2.31. The van der Waals surface area contributed by atoms with Crippen molar-refractivity contribution in [1.29, 1.82) is 0 Å². The average Bonchev–Trinajstić information content (AvgIpc) is 2.61. The van der Waals surface area contributed by atoms with Crippen LogP contribution in [0.15, 0.2) is 18.2 Å². The number of nitrogens with zero attached hydrogens (tertiary/aromatic N) is 2. The van der Waals surface area contributed by atoms with Crippen LogP contribution in [-0.2, 0) is 22.9 Å². The fourth-order valence-electron chi connectivity index (χ4n) is 2.14. The lowest BCUT2D eigenvalue weighted by Gasteiger charge is -2.10. The van der Waals surface area contributed by atoms with Crippen LogP contribution in [0, 0.1) is 6.92 Å². The molecule has 0 amide bonds. The highest BCUT2D eigenvalue weighted by molar-refractivity contribution is 7.84. The Kier molecular flexibility index (Phi) is 4.62. The molecule has 0 unspecified atom stereocenters. The lowest BCUT2D eigenvalue weighted by atomic mass is 10.0. The Morgan fingerprint density at radius 1 is 1.36 bits per heavy atom. The SMILES string of the molecule is Cc1nn(C)c(CS(=O)(=O)[O-])c1C(=O)c1ccc(Cl)cc1Cl. The molecule has 0 aliphatic carbocycles. The molecule has 0 N–H and O–H groups in total. The van der Waals surface area contributed by atoms with Gasteiger partial charge in [-0.2, -0.15) is 5.10 Å². The summed E-state index contributed by atoms with van der Waals surface area (Å²) in [5.41, 5.74) is 0.568. The second-order valence-electron chi connectivity index (χ2n) is 4.69. The van der Waals surface area contributed by atoms with Gasteiger partial charge < -0.3 is 4.55 Å². The van der Waals surface area contributed by atoms with E-state index in [9.17, 15) is 17.8 Å². The maximum Gasteiger partial charge on any atom is 0.198 e. The van der Waals surface area contributed by atoms with Crippen LogP contribution in [0.1, 0.15) is 27.3 Å². The lowest BCUT2D eigenvalue weighted by Crippen LogP contribution is -2.12. The van der Waals surface area contributed by atoms with Crippen LogP contribution in [0.5, 0.6) is 0 Å². The monoisotopic (exact) mass is 361 g/mol. The number of carbonyl (C=O) groups excluding carboxylic acids is 1. The number of hydrogen-bond donors (Lipinski definition) is 0. The predicted molar refractivity (Wildman–Crippen MR) is 81.2 cm³/mol. The van der Waals surface area contributed by atoms with Crippen molar-refractivity contribution in [3.05, 3.63) is 50.8 Å². The quantitative estimate of drug-likeness (QED) is 0.615. The highest BCUT2D eigenvalue weighted by atomic mass is 35.5. The van der Waals surface area contributed by atoms with E-state index in [2.05, 4.69) is 5.10 Å². The van der Waals surface area contributed by atoms with Crippen LogP contribution in [0.25, 0.3) is 0 Å². The van der Waals surface area contributed by atoms with Gasteiger partial charge in [-0.3, -0.25) is 9.48 Å². The van der Waals surface area contributed by atoms with Gasteiger partial charge in [-0.15, -0.1) is 0 Å². The molecule has 9 heteroatoms. The molecular formula is C13H11Cl2N2O4S-. The first kappa shape index (κ1) is 17.0. The topological polar surface area (TPSA) is 92.1 Å². The molecule has 2 aromatic rings. The number of aromatic nitrogens is 2. The molecule has 0 fully saturated rings. The van der Waals surface area contributed by atoms with E-state index in [0.717, 1.165) is 0 Å². The Labute approximate surface area is 137 Å². The number of benzene rings is 1. The van der Waals surface area contributed by atoms with Crippen molar-refractivity contribution in [3.8, 4) is 0 Å². The van der Waals surface area contributed by atoms with E-state index in [1.165, 1.54) is 29.9 Å². The van der Waals surface area contributed by atoms with E-state index >= 15 is 0 Å². The molecule has 0 spiro atoms. The minimum Gasteiger partial charge on any atom is -0.748 e. The number of rotatable bonds is 4. The third-order valence-electron chi connectivity index (χ3n) is 3.06. The van der Waals surface area contributed by atoms with Crippen LogP contribution in [0.2, 0.25) is 10.0 Å². The largest absolute Gasteiger partial charge is 0.748 e. The summed E-state index contributed by atoms with van der Waals surface area (Å²) in [6.07, 6.45) is 0. The molecule has 0 radical (unpaired) electrons. The van der Waals surface area contributed by atoms with Gasteiger partial charge in [0.05, 0.1) is 27.7 Å². The molecule has 22 heavy (non-hydrogen) atoms. The van der Waals surface area contributed by atoms with Gasteiger partial charge in [0.2, 0.25) is 0 Å². The molecule has 1 aromatic heterocycles. The van der Waals surface area contributed by atoms with Gasteiger partial charge in [0.25, 0.3) is 0 Å². The van der Waals surface area contributed by atoms with Crippen LogP contribution in [0.4, 0.5) is 0 Å². The lowest BCUT2D eigenvalue weighted by molar-refractivity contribution is 0.103. The van der Waals surface area contributed by atoms with Gasteiger partial charge in [-0.25, -0.2) is 8.42 Å². The van der Waals surface area contributed by atoms with Gasteiger partial charge in [-0.1, -0.05) is 23.2 Å². The summed E-state index contributed by atoms with van der Waals surface area (Å²) in [6, 6.07) is 4.34. The van der Waals surface area contributed by atoms with Gasteiger partial charge in [0, 0.05) is 17.6 Å². The highest BCUT2D eigenvalue weighted by Crippen LogP contribution is 2.26. The number of halogens is 2. The first-order valence-electron chi connectivity index (χ1n) is 6.06. The van der Waals surface area contributed by atoms with Crippen LogP contribution < -0.4 is 0 Å². The van der Waals surface area contributed by atoms with E-state index in [-0.39, 0.29) is 21.8 Å². The maximum atomic E-state index is 12.6. The normalized spacial score (nSPS) is 11.7. The number of hydrogen-bond acceptors (Lipinski definition) is 5. The van der Waals surface area contributed by atoms with Gasteiger partial charge in [-0.05, 0) is 25.1 Å². The molecule has 0 saturated heterocycles. The fraction of sp³-hybridized carbons (Fsp3) is 0.231. The molecule has 0 saturated carbocycles. The van der Waals surface area contributed by atoms with Crippen molar-refractivity contribution in [2.45, 2.75) is 12.7 Å². The molecule has 0 atom stereocenters. The van der Waals surface area contributed by atoms with E-state index in [4.69, 9.17) is 23.2 Å². The molecule has 0 bridgehead atoms. The average molecular weight is 362 g/mol. The Morgan fingerprint density at radius 2 is 2.00 bits per heavy atom. The van der Waals surface area contributed by atoms with E-state index in [1.54, 1.807) is 6.92 Å². The van der Waals surface area contributed by atoms with Gasteiger partial charge in [0.1, 0.15) is 10.1 Å². The second kappa shape index (κ2) is 6.00. The van der Waals surface area contributed by atoms with Crippen LogP contribution in [0.3, 0.4) is 0 Å². The number of carbonyl (C=O) groups is 1. The zero-order chi connectivity index (χ0) is 16.7. The molecular weight excluding hydrogens is 351 g/mol. The summed E-state index contributed by atoms with van der Waals surface area (Å²) in [6.45, 7) is 1.55. The minimum atomic E-state index is -4.56. The van der Waals surface area contributed by atoms with E-state index in [0.29, 0.717) is 10.7 Å². The molecule has 0 aliphatic rings. The molecule has 0 aliphatic heterocycles. The van der Waals surface area contributed by atoms with E-state index in [1.807, 2.05) is 0 Å². The van der Waals surface area contributed by atoms with Crippen molar-refractivity contribution >= 4 is 39.1 Å². The molecule has 6 nitrogen and oxygen atoms in total. The summed E-state index contributed by atoms with van der Waals surface area (Å²) in [4.78, 5) is 12.6. The summed E-state index contributed by atoms with van der Waals surface area (Å²) < 4.78 is 34.3. The highest BCUT2D eigenvalue weighted by Gasteiger charge is 2.24. The molecule has 118 valence electrons. The molecule has 1 heterocycles. The zero-order valence-electron chi connectivity index (χ0n) is 11.6. The number of aryl methyl sites for hydroxylation is 2. The first-order valence-corrected chi connectivity index (χ1v) is 8.39. The Bertz CT molecular complexity index is 859.